The van der Waals surface area contributed by atoms with E-state index < -0.39 is 0 Å². The maximum Gasteiger partial charge on any atom is 0.0596 e. The monoisotopic (exact) mass is 238 g/mol. The molecule has 2 N–H and O–H groups in total. The van der Waals surface area contributed by atoms with E-state index >= 15 is 0 Å². The van der Waals surface area contributed by atoms with Gasteiger partial charge in [-0.1, -0.05) is 6.92 Å². The van der Waals surface area contributed by atoms with Gasteiger partial charge in [-0.15, -0.1) is 11.3 Å². The van der Waals surface area contributed by atoms with Gasteiger partial charge < -0.3 is 5.73 Å². The van der Waals surface area contributed by atoms with Crippen LogP contribution in [0.25, 0.3) is 0 Å². The summed E-state index contributed by atoms with van der Waals surface area (Å²) < 4.78 is 0. The summed E-state index contributed by atoms with van der Waals surface area (Å²) in [6, 6.07) is 2.94. The number of likely N-dealkylation sites (tertiary alicyclic amines) is 1. The molecule has 0 aromatic carbocycles. The molecule has 0 radical (unpaired) electrons. The average Bonchev–Trinajstić information content (AvgIpc) is 2.92. The van der Waals surface area contributed by atoms with Crippen molar-refractivity contribution in [2.75, 3.05) is 13.1 Å². The van der Waals surface area contributed by atoms with Gasteiger partial charge in [0.2, 0.25) is 0 Å². The Hall–Kier alpha value is -0.380. The van der Waals surface area contributed by atoms with Crippen molar-refractivity contribution in [2.45, 2.75) is 45.2 Å². The smallest absolute Gasteiger partial charge is 0.0596 e. The molecule has 2 heterocycles. The predicted molar refractivity (Wildman–Crippen MR) is 70.9 cm³/mol. The Balaban J connectivity index is 2.23. The summed E-state index contributed by atoms with van der Waals surface area (Å²) in [5, 5.41) is 2.19. The molecule has 3 heteroatoms. The second-order valence-electron chi connectivity index (χ2n) is 4.73. The lowest BCUT2D eigenvalue weighted by Gasteiger charge is -2.31. The van der Waals surface area contributed by atoms with Crippen molar-refractivity contribution < 1.29 is 0 Å². The summed E-state index contributed by atoms with van der Waals surface area (Å²) >= 11 is 1.87. The molecule has 2 unspecified atom stereocenters. The van der Waals surface area contributed by atoms with Gasteiger partial charge in [0.1, 0.15) is 0 Å². The standard InChI is InChI=1S/C13H22N2S/c1-3-11(14)12(15-7-4-5-8-15)13-10(2)6-9-16-13/h6,9,11-12H,3-5,7-8,14H2,1-2H3. The number of thiophene rings is 1. The number of nitrogens with zero attached hydrogens (tertiary/aromatic N) is 1. The van der Waals surface area contributed by atoms with Gasteiger partial charge in [0, 0.05) is 10.9 Å². The summed E-state index contributed by atoms with van der Waals surface area (Å²) in [6.45, 7) is 6.83. The lowest BCUT2D eigenvalue weighted by Crippen LogP contribution is -2.39. The van der Waals surface area contributed by atoms with E-state index in [1.54, 1.807) is 0 Å². The van der Waals surface area contributed by atoms with Crippen molar-refractivity contribution in [3.63, 3.8) is 0 Å². The van der Waals surface area contributed by atoms with Crippen LogP contribution >= 0.6 is 11.3 Å². The second-order valence-corrected chi connectivity index (χ2v) is 5.68. The van der Waals surface area contributed by atoms with Gasteiger partial charge in [0.15, 0.2) is 0 Å². The summed E-state index contributed by atoms with van der Waals surface area (Å²) in [5.41, 5.74) is 7.73. The topological polar surface area (TPSA) is 29.3 Å². The van der Waals surface area contributed by atoms with Crippen LogP contribution in [0.5, 0.6) is 0 Å². The lowest BCUT2D eigenvalue weighted by atomic mass is 10.0. The van der Waals surface area contributed by atoms with Crippen molar-refractivity contribution in [3.8, 4) is 0 Å². The first-order chi connectivity index (χ1) is 7.74. The molecule has 90 valence electrons. The third kappa shape index (κ3) is 2.31. The molecule has 1 aromatic heterocycles. The van der Waals surface area contributed by atoms with Crippen molar-refractivity contribution >= 4 is 11.3 Å². The zero-order valence-electron chi connectivity index (χ0n) is 10.3. The molecule has 1 aliphatic rings. The quantitative estimate of drug-likeness (QED) is 0.874. The average molecular weight is 238 g/mol. The van der Waals surface area contributed by atoms with Crippen LogP contribution in [-0.4, -0.2) is 24.0 Å². The molecule has 0 aliphatic carbocycles. The third-order valence-corrected chi connectivity index (χ3v) is 4.67. The highest BCUT2D eigenvalue weighted by Crippen LogP contribution is 2.33. The Morgan fingerprint density at radius 1 is 1.44 bits per heavy atom. The molecule has 2 nitrogen and oxygen atoms in total. The summed E-state index contributed by atoms with van der Waals surface area (Å²) in [6.07, 6.45) is 3.72. The maximum absolute atomic E-state index is 6.32. The van der Waals surface area contributed by atoms with Crippen LogP contribution in [0.4, 0.5) is 0 Å². The van der Waals surface area contributed by atoms with Crippen molar-refractivity contribution in [3.05, 3.63) is 21.9 Å². The first kappa shape index (κ1) is 12.1. The van der Waals surface area contributed by atoms with Crippen LogP contribution in [0.3, 0.4) is 0 Å². The van der Waals surface area contributed by atoms with E-state index in [4.69, 9.17) is 5.73 Å². The van der Waals surface area contributed by atoms with E-state index in [-0.39, 0.29) is 6.04 Å². The first-order valence-electron chi connectivity index (χ1n) is 6.27. The highest BCUT2D eigenvalue weighted by Gasteiger charge is 2.29. The fourth-order valence-corrected chi connectivity index (χ4v) is 3.70. The van der Waals surface area contributed by atoms with E-state index in [0.29, 0.717) is 6.04 Å². The van der Waals surface area contributed by atoms with Gasteiger partial charge >= 0.3 is 0 Å². The van der Waals surface area contributed by atoms with Gasteiger partial charge in [-0.3, -0.25) is 4.90 Å². The minimum absolute atomic E-state index is 0.274. The summed E-state index contributed by atoms with van der Waals surface area (Å²) in [4.78, 5) is 4.06. The van der Waals surface area contributed by atoms with Crippen LogP contribution in [0.2, 0.25) is 0 Å². The van der Waals surface area contributed by atoms with Crippen molar-refractivity contribution in [2.24, 2.45) is 5.73 Å². The predicted octanol–water partition coefficient (Wildman–Crippen LogP) is 2.93. The van der Waals surface area contributed by atoms with Crippen LogP contribution in [-0.2, 0) is 0 Å². The minimum atomic E-state index is 0.274. The van der Waals surface area contributed by atoms with E-state index in [1.165, 1.54) is 36.4 Å². The molecule has 1 fully saturated rings. The molecule has 16 heavy (non-hydrogen) atoms. The Bertz CT molecular complexity index is 328. The Morgan fingerprint density at radius 3 is 2.62 bits per heavy atom. The molecule has 2 atom stereocenters. The Kier molecular flexibility index (Phi) is 4.00. The molecule has 0 spiro atoms. The zero-order chi connectivity index (χ0) is 11.5. The van der Waals surface area contributed by atoms with E-state index in [0.717, 1.165) is 6.42 Å². The van der Waals surface area contributed by atoms with E-state index in [9.17, 15) is 0 Å². The molecule has 0 amide bonds. The number of rotatable bonds is 4. The molecular weight excluding hydrogens is 216 g/mol. The Labute approximate surface area is 102 Å². The van der Waals surface area contributed by atoms with Crippen molar-refractivity contribution in [1.82, 2.24) is 4.90 Å². The molecule has 1 aliphatic heterocycles. The first-order valence-corrected chi connectivity index (χ1v) is 7.15. The number of nitrogens with two attached hydrogens (primary N) is 1. The molecular formula is C13H22N2S. The molecule has 0 saturated carbocycles. The summed E-state index contributed by atoms with van der Waals surface area (Å²) in [5.74, 6) is 0. The third-order valence-electron chi connectivity index (χ3n) is 3.58. The largest absolute Gasteiger partial charge is 0.326 e. The van der Waals surface area contributed by atoms with E-state index in [1.807, 2.05) is 11.3 Å². The van der Waals surface area contributed by atoms with Gasteiger partial charge in [-0.05, 0) is 56.3 Å². The maximum atomic E-state index is 6.32. The number of hydrogen-bond acceptors (Lipinski definition) is 3. The second kappa shape index (κ2) is 5.30. The van der Waals surface area contributed by atoms with Gasteiger partial charge in [-0.25, -0.2) is 0 Å². The fourth-order valence-electron chi connectivity index (χ4n) is 2.56. The molecule has 0 bridgehead atoms. The van der Waals surface area contributed by atoms with Crippen LogP contribution in [0.15, 0.2) is 11.4 Å². The number of hydrogen-bond donors (Lipinski definition) is 1. The number of aryl methyl sites for hydroxylation is 1. The molecule has 1 saturated heterocycles. The fraction of sp³-hybridized carbons (Fsp3) is 0.692. The van der Waals surface area contributed by atoms with Gasteiger partial charge in [-0.2, -0.15) is 0 Å². The lowest BCUT2D eigenvalue weighted by molar-refractivity contribution is 0.212. The van der Waals surface area contributed by atoms with E-state index in [2.05, 4.69) is 30.2 Å². The van der Waals surface area contributed by atoms with Crippen LogP contribution in [0.1, 0.15) is 42.7 Å². The molecule has 2 rings (SSSR count). The van der Waals surface area contributed by atoms with Crippen molar-refractivity contribution in [1.29, 1.82) is 0 Å². The van der Waals surface area contributed by atoms with Crippen LogP contribution in [0, 0.1) is 6.92 Å². The zero-order valence-corrected chi connectivity index (χ0v) is 11.1. The highest BCUT2D eigenvalue weighted by molar-refractivity contribution is 7.10. The van der Waals surface area contributed by atoms with Crippen LogP contribution < -0.4 is 5.73 Å². The molecule has 1 aromatic rings. The normalized spacial score (nSPS) is 21.2. The van der Waals surface area contributed by atoms with Gasteiger partial charge in [0.05, 0.1) is 6.04 Å². The highest BCUT2D eigenvalue weighted by atomic mass is 32.1. The SMILES string of the molecule is CCC(N)C(c1sccc1C)N1CCCC1. The summed E-state index contributed by atoms with van der Waals surface area (Å²) in [7, 11) is 0. The Morgan fingerprint density at radius 2 is 2.12 bits per heavy atom. The minimum Gasteiger partial charge on any atom is -0.326 e. The van der Waals surface area contributed by atoms with Gasteiger partial charge in [0.25, 0.3) is 0 Å².